The number of aromatic nitrogens is 2. The molecule has 2 N–H and O–H groups in total. The number of carbonyl (C=O) groups is 1. The van der Waals surface area contributed by atoms with Crippen LogP contribution < -0.4 is 10.5 Å². The molecule has 0 aliphatic rings. The minimum atomic E-state index is -0.448. The lowest BCUT2D eigenvalue weighted by Gasteiger charge is -2.08. The van der Waals surface area contributed by atoms with E-state index in [0.717, 1.165) is 0 Å². The van der Waals surface area contributed by atoms with Gasteiger partial charge in [-0.15, -0.1) is 0 Å². The maximum Gasteiger partial charge on any atom is 0.341 e. The minimum absolute atomic E-state index is 0.133. The van der Waals surface area contributed by atoms with E-state index in [1.807, 2.05) is 0 Å². The van der Waals surface area contributed by atoms with Crippen molar-refractivity contribution in [2.24, 2.45) is 0 Å². The van der Waals surface area contributed by atoms with Crippen molar-refractivity contribution in [3.8, 4) is 11.8 Å². The summed E-state index contributed by atoms with van der Waals surface area (Å²) in [6.07, 6.45) is 1.38. The Morgan fingerprint density at radius 1 is 1.35 bits per heavy atom. The zero-order valence-corrected chi connectivity index (χ0v) is 11.3. The van der Waals surface area contributed by atoms with Crippen LogP contribution in [0.4, 0.5) is 5.69 Å². The Kier molecular flexibility index (Phi) is 4.14. The summed E-state index contributed by atoms with van der Waals surface area (Å²) in [5.74, 6) is 0.0200. The number of benzene rings is 1. The van der Waals surface area contributed by atoms with Crippen molar-refractivity contribution in [2.75, 3.05) is 12.3 Å². The second-order valence-corrected chi connectivity index (χ2v) is 4.01. The summed E-state index contributed by atoms with van der Waals surface area (Å²) in [6, 6.07) is 7.17. The summed E-state index contributed by atoms with van der Waals surface area (Å²) in [4.78, 5) is 19.7. The van der Waals surface area contributed by atoms with Crippen molar-refractivity contribution in [3.05, 3.63) is 41.7 Å². The van der Waals surface area contributed by atoms with Gasteiger partial charge in [0.25, 0.3) is 0 Å². The lowest BCUT2D eigenvalue weighted by Crippen LogP contribution is -2.09. The number of anilines is 1. The highest BCUT2D eigenvalue weighted by Gasteiger charge is 2.13. The fourth-order valence-electron chi connectivity index (χ4n) is 1.58. The molecule has 0 unspecified atom stereocenters. The molecule has 1 heterocycles. The van der Waals surface area contributed by atoms with E-state index in [2.05, 4.69) is 9.97 Å². The minimum Gasteiger partial charge on any atom is -0.462 e. The Morgan fingerprint density at radius 3 is 2.75 bits per heavy atom. The number of hydrogen-bond acceptors (Lipinski definition) is 6. The summed E-state index contributed by atoms with van der Waals surface area (Å²) in [7, 11) is 0. The van der Waals surface area contributed by atoms with Crippen molar-refractivity contribution in [1.29, 1.82) is 0 Å². The first-order valence-corrected chi connectivity index (χ1v) is 6.15. The fourth-order valence-corrected chi connectivity index (χ4v) is 1.58. The van der Waals surface area contributed by atoms with Gasteiger partial charge in [0.1, 0.15) is 0 Å². The summed E-state index contributed by atoms with van der Waals surface area (Å²) in [6.45, 7) is 3.73. The van der Waals surface area contributed by atoms with Gasteiger partial charge in [-0.2, -0.15) is 4.98 Å². The molecule has 0 fully saturated rings. The summed E-state index contributed by atoms with van der Waals surface area (Å²) in [5, 5.41) is 0. The normalized spacial score (nSPS) is 10.1. The van der Waals surface area contributed by atoms with Crippen LogP contribution in [0.5, 0.6) is 11.8 Å². The third kappa shape index (κ3) is 3.03. The largest absolute Gasteiger partial charge is 0.462 e. The zero-order chi connectivity index (χ0) is 14.5. The molecule has 104 valence electrons. The van der Waals surface area contributed by atoms with Gasteiger partial charge in [-0.3, -0.25) is 0 Å². The predicted molar refractivity (Wildman–Crippen MR) is 73.7 cm³/mol. The lowest BCUT2D eigenvalue weighted by atomic mass is 10.2. The highest BCUT2D eigenvalue weighted by atomic mass is 16.5. The van der Waals surface area contributed by atoms with Gasteiger partial charge >= 0.3 is 12.0 Å². The molecule has 0 radical (unpaired) electrons. The van der Waals surface area contributed by atoms with E-state index in [9.17, 15) is 4.79 Å². The molecule has 2 rings (SSSR count). The Morgan fingerprint density at radius 2 is 2.10 bits per heavy atom. The third-order valence-electron chi connectivity index (χ3n) is 2.57. The van der Waals surface area contributed by atoms with Crippen molar-refractivity contribution in [3.63, 3.8) is 0 Å². The van der Waals surface area contributed by atoms with E-state index in [1.165, 1.54) is 6.20 Å². The first-order valence-electron chi connectivity index (χ1n) is 6.15. The van der Waals surface area contributed by atoms with Crippen LogP contribution in [0.15, 0.2) is 30.5 Å². The number of para-hydroxylation sites is 2. The number of nitrogens with two attached hydrogens (primary N) is 1. The van der Waals surface area contributed by atoms with E-state index in [0.29, 0.717) is 29.3 Å². The SMILES string of the molecule is CCOC(=O)c1cnc(Oc2ccccc2N)nc1C. The van der Waals surface area contributed by atoms with Crippen LogP contribution >= 0.6 is 0 Å². The number of nitrogen functional groups attached to an aromatic ring is 1. The Bertz CT molecular complexity index is 629. The predicted octanol–water partition coefficient (Wildman–Crippen LogP) is 2.34. The maximum absolute atomic E-state index is 11.6. The van der Waals surface area contributed by atoms with E-state index < -0.39 is 5.97 Å². The number of aryl methyl sites for hydroxylation is 1. The number of ether oxygens (including phenoxy) is 2. The molecular formula is C14H15N3O3. The smallest absolute Gasteiger partial charge is 0.341 e. The molecular weight excluding hydrogens is 258 g/mol. The fraction of sp³-hybridized carbons (Fsp3) is 0.214. The van der Waals surface area contributed by atoms with Crippen molar-refractivity contribution in [1.82, 2.24) is 9.97 Å². The standard InChI is InChI=1S/C14H15N3O3/c1-3-19-13(18)10-8-16-14(17-9(10)2)20-12-7-5-4-6-11(12)15/h4-8H,3,15H2,1-2H3. The lowest BCUT2D eigenvalue weighted by molar-refractivity contribution is 0.0524. The monoisotopic (exact) mass is 273 g/mol. The van der Waals surface area contributed by atoms with Crippen LogP contribution in [0.2, 0.25) is 0 Å². The molecule has 0 amide bonds. The molecule has 20 heavy (non-hydrogen) atoms. The van der Waals surface area contributed by atoms with Gasteiger partial charge in [0.15, 0.2) is 5.75 Å². The van der Waals surface area contributed by atoms with Gasteiger partial charge in [0.2, 0.25) is 0 Å². The average Bonchev–Trinajstić information content (AvgIpc) is 2.42. The molecule has 0 saturated carbocycles. The number of carbonyl (C=O) groups excluding carboxylic acids is 1. The molecule has 0 bridgehead atoms. The van der Waals surface area contributed by atoms with E-state index in [-0.39, 0.29) is 6.01 Å². The molecule has 0 aliphatic carbocycles. The average molecular weight is 273 g/mol. The topological polar surface area (TPSA) is 87.3 Å². The number of hydrogen-bond donors (Lipinski definition) is 1. The number of rotatable bonds is 4. The molecule has 0 saturated heterocycles. The van der Waals surface area contributed by atoms with Crippen LogP contribution in [0.3, 0.4) is 0 Å². The van der Waals surface area contributed by atoms with Gasteiger partial charge in [-0.05, 0) is 26.0 Å². The molecule has 0 spiro atoms. The molecule has 2 aromatic rings. The van der Waals surface area contributed by atoms with Crippen LogP contribution in [0.25, 0.3) is 0 Å². The molecule has 1 aromatic heterocycles. The van der Waals surface area contributed by atoms with Gasteiger partial charge in [-0.25, -0.2) is 9.78 Å². The van der Waals surface area contributed by atoms with E-state index >= 15 is 0 Å². The first-order chi connectivity index (χ1) is 9.61. The summed E-state index contributed by atoms with van der Waals surface area (Å²) in [5.41, 5.74) is 7.07. The van der Waals surface area contributed by atoms with Crippen molar-refractivity contribution >= 4 is 11.7 Å². The number of nitrogens with zero attached hydrogens (tertiary/aromatic N) is 2. The van der Waals surface area contributed by atoms with Crippen LogP contribution in [0, 0.1) is 6.92 Å². The quantitative estimate of drug-likeness (QED) is 0.679. The Labute approximate surface area is 116 Å². The van der Waals surface area contributed by atoms with E-state index in [4.69, 9.17) is 15.2 Å². The molecule has 0 atom stereocenters. The second-order valence-electron chi connectivity index (χ2n) is 4.01. The molecule has 6 heteroatoms. The van der Waals surface area contributed by atoms with Crippen molar-refractivity contribution in [2.45, 2.75) is 13.8 Å². The van der Waals surface area contributed by atoms with Gasteiger partial charge in [0.05, 0.1) is 23.6 Å². The highest BCUT2D eigenvalue weighted by molar-refractivity contribution is 5.90. The molecule has 0 aliphatic heterocycles. The first kappa shape index (κ1) is 13.8. The van der Waals surface area contributed by atoms with Gasteiger partial charge in [-0.1, -0.05) is 12.1 Å². The summed E-state index contributed by atoms with van der Waals surface area (Å²) >= 11 is 0. The number of esters is 1. The second kappa shape index (κ2) is 6.01. The third-order valence-corrected chi connectivity index (χ3v) is 2.57. The van der Waals surface area contributed by atoms with Gasteiger partial charge < -0.3 is 15.2 Å². The van der Waals surface area contributed by atoms with Crippen LogP contribution in [0.1, 0.15) is 23.0 Å². The zero-order valence-electron chi connectivity index (χ0n) is 11.3. The van der Waals surface area contributed by atoms with Crippen molar-refractivity contribution < 1.29 is 14.3 Å². The Balaban J connectivity index is 2.21. The maximum atomic E-state index is 11.6. The van der Waals surface area contributed by atoms with Gasteiger partial charge in [0, 0.05) is 6.20 Å². The highest BCUT2D eigenvalue weighted by Crippen LogP contribution is 2.24. The molecule has 1 aromatic carbocycles. The van der Waals surface area contributed by atoms with Crippen LogP contribution in [-0.2, 0) is 4.74 Å². The van der Waals surface area contributed by atoms with E-state index in [1.54, 1.807) is 38.1 Å². The Hall–Kier alpha value is -2.63. The van der Waals surface area contributed by atoms with Crippen LogP contribution in [-0.4, -0.2) is 22.5 Å². The molecule has 6 nitrogen and oxygen atoms in total. The summed E-state index contributed by atoms with van der Waals surface area (Å²) < 4.78 is 10.4.